The van der Waals surface area contributed by atoms with Gasteiger partial charge in [0.1, 0.15) is 6.10 Å². The first-order chi connectivity index (χ1) is 15.6. The molecular formula is C24H29ClO9. The molecule has 3 aliphatic carbocycles. The highest BCUT2D eigenvalue weighted by atomic mass is 35.5. The number of carbonyl (C=O) groups is 4. The Bertz CT molecular complexity index is 1020. The van der Waals surface area contributed by atoms with E-state index in [0.29, 0.717) is 0 Å². The molecule has 0 aromatic carbocycles. The molecule has 11 atom stereocenters. The lowest BCUT2D eigenvalue weighted by molar-refractivity contribution is -0.214. The van der Waals surface area contributed by atoms with Gasteiger partial charge in [0.2, 0.25) is 0 Å². The second-order valence-corrected chi connectivity index (χ2v) is 10.7. The van der Waals surface area contributed by atoms with Crippen LogP contribution in [0.5, 0.6) is 0 Å². The van der Waals surface area contributed by atoms with E-state index in [1.807, 2.05) is 0 Å². The Hall–Kier alpha value is -2.23. The molecule has 0 bridgehead atoms. The number of Topliss-reactive ketones (excluding diaryl/α,β-unsaturated/α-hetero) is 1. The van der Waals surface area contributed by atoms with Crippen LogP contribution in [0.15, 0.2) is 24.3 Å². The van der Waals surface area contributed by atoms with Gasteiger partial charge in [0.25, 0.3) is 0 Å². The van der Waals surface area contributed by atoms with Gasteiger partial charge in [-0.2, -0.15) is 0 Å². The first-order valence-electron chi connectivity index (χ1n) is 11.2. The number of halogens is 1. The Balaban J connectivity index is 2.00. The first kappa shape index (κ1) is 24.9. The quantitative estimate of drug-likeness (QED) is 0.249. The minimum Gasteiger partial charge on any atom is -0.459 e. The average molecular weight is 497 g/mol. The second-order valence-electron chi connectivity index (χ2n) is 10.2. The van der Waals surface area contributed by atoms with E-state index in [0.717, 1.165) is 13.8 Å². The minimum absolute atomic E-state index is 0.0653. The predicted molar refractivity (Wildman–Crippen MR) is 117 cm³/mol. The maximum absolute atomic E-state index is 13.6. The summed E-state index contributed by atoms with van der Waals surface area (Å²) < 4.78 is 16.7. The Morgan fingerprint density at radius 1 is 1.18 bits per heavy atom. The molecule has 1 aliphatic heterocycles. The Labute approximate surface area is 202 Å². The second kappa shape index (κ2) is 7.63. The van der Waals surface area contributed by atoms with E-state index in [2.05, 4.69) is 6.58 Å². The zero-order valence-electron chi connectivity index (χ0n) is 19.6. The molecule has 1 saturated heterocycles. The van der Waals surface area contributed by atoms with Gasteiger partial charge in [-0.25, -0.2) is 0 Å². The summed E-state index contributed by atoms with van der Waals surface area (Å²) in [4.78, 5) is 50.7. The fraction of sp³-hybridized carbons (Fsp3) is 0.667. The molecule has 0 aromatic rings. The van der Waals surface area contributed by atoms with Gasteiger partial charge in [0.05, 0.1) is 23.3 Å². The van der Waals surface area contributed by atoms with Crippen LogP contribution >= 0.6 is 11.6 Å². The summed E-state index contributed by atoms with van der Waals surface area (Å²) >= 11 is 6.59. The molecule has 0 amide bonds. The average Bonchev–Trinajstić information content (AvgIpc) is 3.19. The summed E-state index contributed by atoms with van der Waals surface area (Å²) in [6.07, 6.45) is -1.10. The molecule has 10 heteroatoms. The molecule has 0 spiro atoms. The standard InChI is InChI=1S/C24H29ClO9/c1-9-14(28)8-7-13-15-18(29)23(6,34-12(4)27)17(22(13,15)5)20(32-11(3)26)24(31)10(2)21(30)33-19(24)16(9)25/h7-8,10,13-17,19-20,28,31H,1H2,2-6H3. The van der Waals surface area contributed by atoms with Crippen molar-refractivity contribution in [3.05, 3.63) is 24.3 Å². The third-order valence-electron chi connectivity index (χ3n) is 8.33. The van der Waals surface area contributed by atoms with Crippen molar-refractivity contribution in [2.75, 3.05) is 0 Å². The fourth-order valence-electron chi connectivity index (χ4n) is 6.59. The number of alkyl halides is 1. The molecule has 2 N–H and O–H groups in total. The summed E-state index contributed by atoms with van der Waals surface area (Å²) in [5, 5.41) is 21.6. The number of fused-ring (bicyclic) bond motifs is 2. The predicted octanol–water partition coefficient (Wildman–Crippen LogP) is 1.08. The number of esters is 3. The zero-order chi connectivity index (χ0) is 25.5. The van der Waals surface area contributed by atoms with Crippen molar-refractivity contribution in [2.45, 2.75) is 69.5 Å². The lowest BCUT2D eigenvalue weighted by Crippen LogP contribution is -2.65. The van der Waals surface area contributed by atoms with Crippen LogP contribution in [0.4, 0.5) is 0 Å². The van der Waals surface area contributed by atoms with Crippen molar-refractivity contribution < 1.29 is 43.6 Å². The highest BCUT2D eigenvalue weighted by molar-refractivity contribution is 6.23. The van der Waals surface area contributed by atoms with Gasteiger partial charge < -0.3 is 24.4 Å². The lowest BCUT2D eigenvalue weighted by Gasteiger charge is -2.47. The van der Waals surface area contributed by atoms with Crippen LogP contribution in [0.3, 0.4) is 0 Å². The van der Waals surface area contributed by atoms with Gasteiger partial charge in [-0.1, -0.05) is 25.7 Å². The van der Waals surface area contributed by atoms with Gasteiger partial charge in [0.15, 0.2) is 23.1 Å². The zero-order valence-corrected chi connectivity index (χ0v) is 20.4. The van der Waals surface area contributed by atoms with E-state index in [-0.39, 0.29) is 5.57 Å². The van der Waals surface area contributed by atoms with E-state index in [4.69, 9.17) is 25.8 Å². The molecule has 0 aromatic heterocycles. The molecule has 186 valence electrons. The molecule has 4 rings (SSSR count). The van der Waals surface area contributed by atoms with Crippen LogP contribution in [0.25, 0.3) is 0 Å². The minimum atomic E-state index is -2.22. The van der Waals surface area contributed by atoms with E-state index >= 15 is 0 Å². The molecule has 4 aliphatic rings. The summed E-state index contributed by atoms with van der Waals surface area (Å²) in [7, 11) is 0. The normalized spacial score (nSPS) is 49.5. The number of ketones is 1. The van der Waals surface area contributed by atoms with Crippen LogP contribution in [0, 0.1) is 29.1 Å². The molecule has 2 saturated carbocycles. The van der Waals surface area contributed by atoms with E-state index in [9.17, 15) is 29.4 Å². The largest absolute Gasteiger partial charge is 0.459 e. The van der Waals surface area contributed by atoms with Crippen molar-refractivity contribution >= 4 is 35.3 Å². The number of hydrogen-bond donors (Lipinski definition) is 2. The van der Waals surface area contributed by atoms with Crippen molar-refractivity contribution in [1.29, 1.82) is 0 Å². The van der Waals surface area contributed by atoms with Crippen LogP contribution in [-0.4, -0.2) is 68.8 Å². The first-order valence-corrected chi connectivity index (χ1v) is 11.6. The van der Waals surface area contributed by atoms with Crippen molar-refractivity contribution in [1.82, 2.24) is 0 Å². The lowest BCUT2D eigenvalue weighted by atomic mass is 9.66. The Morgan fingerprint density at radius 2 is 1.79 bits per heavy atom. The SMILES string of the molecule is C=C1C(O)C=CC2C3C(=O)C(C)(OC(C)=O)C(C(OC(C)=O)C4(O)C(C)C(=O)OC4C1Cl)C23C. The summed E-state index contributed by atoms with van der Waals surface area (Å²) in [6, 6.07) is 0. The molecule has 0 radical (unpaired) electrons. The maximum atomic E-state index is 13.6. The smallest absolute Gasteiger partial charge is 0.312 e. The molecular weight excluding hydrogens is 468 g/mol. The monoisotopic (exact) mass is 496 g/mol. The molecule has 9 nitrogen and oxygen atoms in total. The van der Waals surface area contributed by atoms with Crippen molar-refractivity contribution in [3.8, 4) is 0 Å². The fourth-order valence-corrected chi connectivity index (χ4v) is 6.97. The number of hydrogen-bond acceptors (Lipinski definition) is 9. The maximum Gasteiger partial charge on any atom is 0.312 e. The number of aliphatic hydroxyl groups excluding tert-OH is 1. The van der Waals surface area contributed by atoms with Gasteiger partial charge >= 0.3 is 17.9 Å². The summed E-state index contributed by atoms with van der Waals surface area (Å²) in [5.41, 5.74) is -4.83. The van der Waals surface area contributed by atoms with E-state index < -0.39 is 87.7 Å². The molecule has 3 fully saturated rings. The third-order valence-corrected chi connectivity index (χ3v) is 8.84. The molecule has 11 unspecified atom stereocenters. The van der Waals surface area contributed by atoms with Gasteiger partial charge in [-0.3, -0.25) is 19.2 Å². The summed E-state index contributed by atoms with van der Waals surface area (Å²) in [5.74, 6) is -5.99. The number of carbonyl (C=O) groups excluding carboxylic acids is 4. The van der Waals surface area contributed by atoms with E-state index in [1.54, 1.807) is 13.0 Å². The van der Waals surface area contributed by atoms with E-state index in [1.165, 1.54) is 19.9 Å². The highest BCUT2D eigenvalue weighted by Crippen LogP contribution is 2.75. The van der Waals surface area contributed by atoms with Crippen LogP contribution in [-0.2, 0) is 33.4 Å². The topological polar surface area (TPSA) is 136 Å². The van der Waals surface area contributed by atoms with Gasteiger partial charge in [-0.05, 0) is 30.8 Å². The summed E-state index contributed by atoms with van der Waals surface area (Å²) in [6.45, 7) is 10.7. The number of aliphatic hydroxyl groups is 2. The van der Waals surface area contributed by atoms with Crippen molar-refractivity contribution in [2.24, 2.45) is 29.1 Å². The molecule has 34 heavy (non-hydrogen) atoms. The van der Waals surface area contributed by atoms with Crippen LogP contribution in [0.1, 0.15) is 34.6 Å². The number of ether oxygens (including phenoxy) is 3. The number of rotatable bonds is 2. The van der Waals surface area contributed by atoms with Gasteiger partial charge in [-0.15, -0.1) is 11.6 Å². The van der Waals surface area contributed by atoms with Crippen LogP contribution < -0.4 is 0 Å². The van der Waals surface area contributed by atoms with Crippen LogP contribution in [0.2, 0.25) is 0 Å². The number of allylic oxidation sites excluding steroid dienone is 1. The molecule has 1 heterocycles. The Kier molecular flexibility index (Phi) is 5.59. The van der Waals surface area contributed by atoms with Gasteiger partial charge in [0, 0.05) is 19.8 Å². The highest BCUT2D eigenvalue weighted by Gasteiger charge is 2.84. The third kappa shape index (κ3) is 3.06. The van der Waals surface area contributed by atoms with Crippen molar-refractivity contribution in [3.63, 3.8) is 0 Å². The Morgan fingerprint density at radius 3 is 2.35 bits per heavy atom.